The van der Waals surface area contributed by atoms with Crippen molar-refractivity contribution in [2.45, 2.75) is 38.3 Å². The molecule has 1 atom stereocenters. The number of carboxylic acids is 1. The third kappa shape index (κ3) is 5.23. The molecule has 0 saturated carbocycles. The average Bonchev–Trinajstić information content (AvgIpc) is 3.43. The summed E-state index contributed by atoms with van der Waals surface area (Å²) in [5, 5.41) is 23.6. The van der Waals surface area contributed by atoms with Crippen LogP contribution in [0.15, 0.2) is 48.5 Å². The Hall–Kier alpha value is -3.79. The summed E-state index contributed by atoms with van der Waals surface area (Å²) in [5.41, 5.74) is 4.30. The average molecular weight is 481 g/mol. The highest BCUT2D eigenvalue weighted by Gasteiger charge is 2.30. The first-order valence-corrected chi connectivity index (χ1v) is 11.7. The molecule has 2 amide bonds. The van der Waals surface area contributed by atoms with Crippen molar-refractivity contribution in [2.75, 3.05) is 6.61 Å². The summed E-state index contributed by atoms with van der Waals surface area (Å²) in [6, 6.07) is 14.6. The van der Waals surface area contributed by atoms with E-state index in [4.69, 9.17) is 4.74 Å². The molecule has 176 valence electrons. The number of rotatable bonds is 9. The maximum Gasteiger partial charge on any atom is 0.407 e. The summed E-state index contributed by atoms with van der Waals surface area (Å²) in [7, 11) is 0. The minimum atomic E-state index is -1.29. The van der Waals surface area contributed by atoms with Crippen LogP contribution in [-0.2, 0) is 27.3 Å². The lowest BCUT2D eigenvalue weighted by molar-refractivity contribution is -0.139. The summed E-state index contributed by atoms with van der Waals surface area (Å²) in [4.78, 5) is 36.3. The molecule has 1 unspecified atom stereocenters. The molecule has 0 aliphatic heterocycles. The third-order valence-corrected chi connectivity index (χ3v) is 6.62. The van der Waals surface area contributed by atoms with Gasteiger partial charge < -0.3 is 20.5 Å². The van der Waals surface area contributed by atoms with Crippen molar-refractivity contribution >= 4 is 29.3 Å². The zero-order chi connectivity index (χ0) is 24.1. The number of aromatic nitrogens is 2. The fraction of sp³-hybridized carbons (Fsp3) is 0.292. The molecule has 10 heteroatoms. The molecule has 0 saturated heterocycles. The van der Waals surface area contributed by atoms with Crippen LogP contribution >= 0.6 is 11.3 Å². The molecule has 0 spiro atoms. The van der Waals surface area contributed by atoms with Crippen LogP contribution < -0.4 is 10.6 Å². The summed E-state index contributed by atoms with van der Waals surface area (Å²) in [6.45, 7) is 2.11. The van der Waals surface area contributed by atoms with Gasteiger partial charge in [-0.3, -0.25) is 9.59 Å². The summed E-state index contributed by atoms with van der Waals surface area (Å²) in [6.07, 6.45) is -0.699. The molecule has 0 radical (unpaired) electrons. The number of carbonyl (C=O) groups excluding carboxylic acids is 2. The topological polar surface area (TPSA) is 131 Å². The number of nitrogens with one attached hydrogen (secondary N) is 2. The van der Waals surface area contributed by atoms with Crippen molar-refractivity contribution in [2.24, 2.45) is 0 Å². The Labute approximate surface area is 200 Å². The van der Waals surface area contributed by atoms with Crippen LogP contribution in [0, 0.1) is 0 Å². The summed E-state index contributed by atoms with van der Waals surface area (Å²) >= 11 is 1.36. The van der Waals surface area contributed by atoms with Crippen LogP contribution in [0.3, 0.4) is 0 Å². The smallest absolute Gasteiger partial charge is 0.407 e. The fourth-order valence-electron chi connectivity index (χ4n) is 3.95. The molecule has 1 aliphatic rings. The highest BCUT2D eigenvalue weighted by Crippen LogP contribution is 2.44. The van der Waals surface area contributed by atoms with Crippen molar-refractivity contribution in [1.29, 1.82) is 0 Å². The number of ether oxygens (including phenoxy) is 1. The molecule has 3 N–H and O–H groups in total. The van der Waals surface area contributed by atoms with Crippen LogP contribution in [0.2, 0.25) is 0 Å². The SMILES string of the molecule is CCc1nnc(CNC(=O)C(CC(=O)O)NC(=O)OCC2c3ccccc3-c3ccccc32)s1. The second-order valence-corrected chi connectivity index (χ2v) is 8.93. The largest absolute Gasteiger partial charge is 0.481 e. The number of benzene rings is 2. The molecule has 9 nitrogen and oxygen atoms in total. The molecule has 0 fully saturated rings. The van der Waals surface area contributed by atoms with E-state index in [-0.39, 0.29) is 19.1 Å². The van der Waals surface area contributed by atoms with Gasteiger partial charge in [-0.15, -0.1) is 10.2 Å². The van der Waals surface area contributed by atoms with Crippen LogP contribution in [0.4, 0.5) is 4.79 Å². The lowest BCUT2D eigenvalue weighted by Gasteiger charge is -2.18. The van der Waals surface area contributed by atoms with Gasteiger partial charge in [0, 0.05) is 5.92 Å². The van der Waals surface area contributed by atoms with Gasteiger partial charge in [-0.1, -0.05) is 66.8 Å². The van der Waals surface area contributed by atoms with Crippen molar-refractivity contribution in [1.82, 2.24) is 20.8 Å². The Morgan fingerprint density at radius 1 is 1.03 bits per heavy atom. The number of hydrogen-bond acceptors (Lipinski definition) is 7. The zero-order valence-electron chi connectivity index (χ0n) is 18.5. The number of carbonyl (C=O) groups is 3. The van der Waals surface area contributed by atoms with Gasteiger partial charge in [0.25, 0.3) is 0 Å². The highest BCUT2D eigenvalue weighted by atomic mass is 32.1. The number of nitrogens with zero attached hydrogens (tertiary/aromatic N) is 2. The minimum Gasteiger partial charge on any atom is -0.481 e. The van der Waals surface area contributed by atoms with Gasteiger partial charge in [0.1, 0.15) is 22.7 Å². The van der Waals surface area contributed by atoms with E-state index in [9.17, 15) is 19.5 Å². The first kappa shape index (κ1) is 23.4. The van der Waals surface area contributed by atoms with Gasteiger partial charge in [0.05, 0.1) is 13.0 Å². The molecule has 1 heterocycles. The maximum absolute atomic E-state index is 12.6. The van der Waals surface area contributed by atoms with E-state index in [1.54, 1.807) is 0 Å². The van der Waals surface area contributed by atoms with E-state index in [0.29, 0.717) is 5.01 Å². The Morgan fingerprint density at radius 3 is 2.24 bits per heavy atom. The molecule has 1 aromatic heterocycles. The molecule has 34 heavy (non-hydrogen) atoms. The molecule has 4 rings (SSSR count). The van der Waals surface area contributed by atoms with Gasteiger partial charge in [-0.25, -0.2) is 4.79 Å². The lowest BCUT2D eigenvalue weighted by Crippen LogP contribution is -2.48. The number of alkyl carbamates (subject to hydrolysis) is 1. The first-order valence-electron chi connectivity index (χ1n) is 10.9. The van der Waals surface area contributed by atoms with E-state index < -0.39 is 30.4 Å². The number of aryl methyl sites for hydroxylation is 1. The Bertz CT molecular complexity index is 1170. The van der Waals surface area contributed by atoms with Gasteiger partial charge in [-0.2, -0.15) is 0 Å². The minimum absolute atomic E-state index is 0.0614. The number of amides is 2. The lowest BCUT2D eigenvalue weighted by atomic mass is 9.98. The number of carboxylic acid groups (broad SMARTS) is 1. The second-order valence-electron chi connectivity index (χ2n) is 7.78. The van der Waals surface area contributed by atoms with E-state index in [2.05, 4.69) is 20.8 Å². The van der Waals surface area contributed by atoms with Crippen molar-refractivity contribution in [3.05, 3.63) is 69.7 Å². The molecule has 2 aromatic carbocycles. The van der Waals surface area contributed by atoms with Gasteiger partial charge in [0.2, 0.25) is 5.91 Å². The highest BCUT2D eigenvalue weighted by molar-refractivity contribution is 7.11. The van der Waals surface area contributed by atoms with Crippen molar-refractivity contribution < 1.29 is 24.2 Å². The van der Waals surface area contributed by atoms with E-state index in [1.807, 2.05) is 55.5 Å². The quantitative estimate of drug-likeness (QED) is 0.429. The van der Waals surface area contributed by atoms with Crippen LogP contribution in [0.1, 0.15) is 40.4 Å². The van der Waals surface area contributed by atoms with Crippen molar-refractivity contribution in [3.63, 3.8) is 0 Å². The normalized spacial score (nSPS) is 13.0. The van der Waals surface area contributed by atoms with Gasteiger partial charge in [0.15, 0.2) is 0 Å². The second kappa shape index (κ2) is 10.4. The standard InChI is InChI=1S/C24H24N4O5S/c1-2-20-27-28-21(34-20)12-25-23(31)19(11-22(29)30)26-24(32)33-13-18-16-9-5-3-7-14(16)15-8-4-6-10-17(15)18/h3-10,18-19H,2,11-13H2,1H3,(H,25,31)(H,26,32)(H,29,30). The van der Waals surface area contributed by atoms with Crippen LogP contribution in [-0.4, -0.2) is 45.9 Å². The summed E-state index contributed by atoms with van der Waals surface area (Å²) in [5.74, 6) is -2.00. The number of hydrogen-bond donors (Lipinski definition) is 3. The van der Waals surface area contributed by atoms with Gasteiger partial charge in [-0.05, 0) is 28.7 Å². The predicted octanol–water partition coefficient (Wildman–Crippen LogP) is 3.10. The molecule has 1 aliphatic carbocycles. The summed E-state index contributed by atoms with van der Waals surface area (Å²) < 4.78 is 5.44. The maximum atomic E-state index is 12.6. The number of aliphatic carboxylic acids is 1. The Morgan fingerprint density at radius 2 is 1.65 bits per heavy atom. The fourth-order valence-corrected chi connectivity index (χ4v) is 4.68. The molecular weight excluding hydrogens is 456 g/mol. The third-order valence-electron chi connectivity index (χ3n) is 5.56. The van der Waals surface area contributed by atoms with Gasteiger partial charge >= 0.3 is 12.1 Å². The Kier molecular flexibility index (Phi) is 7.17. The first-order chi connectivity index (χ1) is 16.5. The van der Waals surface area contributed by atoms with E-state index in [1.165, 1.54) is 11.3 Å². The van der Waals surface area contributed by atoms with E-state index >= 15 is 0 Å². The number of fused-ring (bicyclic) bond motifs is 3. The monoisotopic (exact) mass is 480 g/mol. The van der Waals surface area contributed by atoms with E-state index in [0.717, 1.165) is 33.7 Å². The molecule has 0 bridgehead atoms. The van der Waals surface area contributed by atoms with Crippen molar-refractivity contribution in [3.8, 4) is 11.1 Å². The zero-order valence-corrected chi connectivity index (χ0v) is 19.3. The predicted molar refractivity (Wildman–Crippen MR) is 125 cm³/mol. The van der Waals surface area contributed by atoms with Crippen LogP contribution in [0.5, 0.6) is 0 Å². The molecule has 3 aromatic rings. The molecular formula is C24H24N4O5S. The van der Waals surface area contributed by atoms with Crippen LogP contribution in [0.25, 0.3) is 11.1 Å². The Balaban J connectivity index is 1.37.